The van der Waals surface area contributed by atoms with Gasteiger partial charge in [-0.25, -0.2) is 5.43 Å². The molecule has 1 atom stereocenters. The number of rotatable bonds is 6. The molecule has 21 heavy (non-hydrogen) atoms. The van der Waals surface area contributed by atoms with Gasteiger partial charge in [0.25, 0.3) is 0 Å². The summed E-state index contributed by atoms with van der Waals surface area (Å²) in [7, 11) is 4.09. The summed E-state index contributed by atoms with van der Waals surface area (Å²) in [4.78, 5) is 2.13. The van der Waals surface area contributed by atoms with Gasteiger partial charge in [0.05, 0.1) is 36.5 Å². The van der Waals surface area contributed by atoms with Crippen LogP contribution in [0.3, 0.4) is 0 Å². The maximum atomic E-state index is 5.81. The third kappa shape index (κ3) is 4.15. The number of hydrogen-bond acceptors (Lipinski definition) is 5. The van der Waals surface area contributed by atoms with E-state index in [1.54, 1.807) is 11.3 Å². The molecular weight excluding hydrogens is 486 g/mol. The Morgan fingerprint density at radius 1 is 1.43 bits per heavy atom. The zero-order valence-electron chi connectivity index (χ0n) is 11.6. The molecule has 0 saturated heterocycles. The molecule has 9 heteroatoms. The van der Waals surface area contributed by atoms with Crippen molar-refractivity contribution in [3.63, 3.8) is 0 Å². The second-order valence-corrected chi connectivity index (χ2v) is 9.39. The second-order valence-electron chi connectivity index (χ2n) is 4.78. The van der Waals surface area contributed by atoms with Crippen molar-refractivity contribution >= 4 is 59.1 Å². The van der Waals surface area contributed by atoms with Gasteiger partial charge in [0.2, 0.25) is 0 Å². The van der Waals surface area contributed by atoms with Crippen LogP contribution in [-0.2, 0) is 6.54 Å². The number of halogens is 3. The maximum Gasteiger partial charge on any atom is 0.0909 e. The van der Waals surface area contributed by atoms with E-state index in [1.165, 1.54) is 0 Å². The first kappa shape index (κ1) is 17.6. The van der Waals surface area contributed by atoms with Crippen LogP contribution in [-0.4, -0.2) is 35.3 Å². The maximum absolute atomic E-state index is 5.81. The van der Waals surface area contributed by atoms with Crippen LogP contribution >= 0.6 is 59.1 Å². The summed E-state index contributed by atoms with van der Waals surface area (Å²) in [5, 5.41) is 4.44. The molecule has 0 radical (unpaired) electrons. The zero-order valence-corrected chi connectivity index (χ0v) is 17.2. The SMILES string of the molecule is CN(C)CCn1ncc(Br)c1C(NN)c1cc(Br)sc1Br. The second kappa shape index (κ2) is 7.67. The summed E-state index contributed by atoms with van der Waals surface area (Å²) in [6, 6.07) is 1.93. The highest BCUT2D eigenvalue weighted by Crippen LogP contribution is 2.39. The third-order valence-electron chi connectivity index (χ3n) is 3.03. The highest BCUT2D eigenvalue weighted by Gasteiger charge is 2.24. The minimum Gasteiger partial charge on any atom is -0.308 e. The smallest absolute Gasteiger partial charge is 0.0909 e. The van der Waals surface area contributed by atoms with E-state index >= 15 is 0 Å². The van der Waals surface area contributed by atoms with Crippen LogP contribution in [0.2, 0.25) is 0 Å². The van der Waals surface area contributed by atoms with Crippen LogP contribution < -0.4 is 11.3 Å². The minimum atomic E-state index is -0.138. The highest BCUT2D eigenvalue weighted by atomic mass is 79.9. The Labute approximate surface area is 153 Å². The molecule has 0 aliphatic rings. The Morgan fingerprint density at radius 3 is 2.67 bits per heavy atom. The number of likely N-dealkylation sites (N-methyl/N-ethyl adjacent to an activating group) is 1. The lowest BCUT2D eigenvalue weighted by Gasteiger charge is -2.19. The molecule has 5 nitrogen and oxygen atoms in total. The first-order valence-corrected chi connectivity index (χ1v) is 9.40. The topological polar surface area (TPSA) is 59.1 Å². The van der Waals surface area contributed by atoms with E-state index in [9.17, 15) is 0 Å². The van der Waals surface area contributed by atoms with Crippen LogP contribution in [0.1, 0.15) is 17.3 Å². The Morgan fingerprint density at radius 2 is 2.14 bits per heavy atom. The predicted octanol–water partition coefficient (Wildman–Crippen LogP) is 3.35. The summed E-state index contributed by atoms with van der Waals surface area (Å²) < 4.78 is 5.02. The number of hydrogen-bond donors (Lipinski definition) is 2. The molecule has 116 valence electrons. The van der Waals surface area contributed by atoms with E-state index in [-0.39, 0.29) is 6.04 Å². The van der Waals surface area contributed by atoms with Crippen molar-refractivity contribution in [2.24, 2.45) is 5.84 Å². The monoisotopic (exact) mass is 499 g/mol. The number of thiophene rings is 1. The van der Waals surface area contributed by atoms with Gasteiger partial charge in [0.1, 0.15) is 0 Å². The van der Waals surface area contributed by atoms with Crippen molar-refractivity contribution in [1.82, 2.24) is 20.1 Å². The van der Waals surface area contributed by atoms with Gasteiger partial charge in [-0.2, -0.15) is 5.10 Å². The summed E-state index contributed by atoms with van der Waals surface area (Å²) in [5.74, 6) is 5.81. The molecule has 2 aromatic heterocycles. The highest BCUT2D eigenvalue weighted by molar-refractivity contribution is 9.12. The van der Waals surface area contributed by atoms with Gasteiger partial charge in [-0.3, -0.25) is 10.5 Å². The molecule has 0 saturated carbocycles. The third-order valence-corrected chi connectivity index (χ3v) is 6.02. The van der Waals surface area contributed by atoms with Crippen LogP contribution in [0.15, 0.2) is 24.3 Å². The zero-order chi connectivity index (χ0) is 15.6. The molecule has 0 amide bonds. The van der Waals surface area contributed by atoms with Gasteiger partial charge in [-0.15, -0.1) is 11.3 Å². The van der Waals surface area contributed by atoms with E-state index in [2.05, 4.69) is 69.3 Å². The fourth-order valence-electron chi connectivity index (χ4n) is 2.00. The van der Waals surface area contributed by atoms with Crippen LogP contribution in [0, 0.1) is 0 Å². The first-order valence-electron chi connectivity index (χ1n) is 6.20. The van der Waals surface area contributed by atoms with Crippen LogP contribution in [0.25, 0.3) is 0 Å². The average Bonchev–Trinajstić information content (AvgIpc) is 2.93. The van der Waals surface area contributed by atoms with Crippen molar-refractivity contribution < 1.29 is 0 Å². The fourth-order valence-corrected chi connectivity index (χ4v) is 5.42. The van der Waals surface area contributed by atoms with Crippen molar-refractivity contribution in [2.75, 3.05) is 20.6 Å². The summed E-state index contributed by atoms with van der Waals surface area (Å²) in [6.45, 7) is 1.71. The summed E-state index contributed by atoms with van der Waals surface area (Å²) in [5.41, 5.74) is 5.00. The Bertz CT molecular complexity index is 610. The average molecular weight is 502 g/mol. The van der Waals surface area contributed by atoms with E-state index in [0.717, 1.165) is 36.4 Å². The molecule has 2 heterocycles. The normalized spacial score (nSPS) is 13.1. The lowest BCUT2D eigenvalue weighted by molar-refractivity contribution is 0.365. The lowest BCUT2D eigenvalue weighted by atomic mass is 10.1. The molecule has 2 aromatic rings. The van der Waals surface area contributed by atoms with Gasteiger partial charge < -0.3 is 4.90 Å². The molecule has 3 N–H and O–H groups in total. The standard InChI is InChI=1S/C12H16Br3N5S/c1-19(2)3-4-20-11(8(13)6-17-20)10(18-16)7-5-9(14)21-12(7)15/h5-6,10,18H,3-4,16H2,1-2H3. The van der Waals surface area contributed by atoms with Crippen molar-refractivity contribution in [2.45, 2.75) is 12.6 Å². The van der Waals surface area contributed by atoms with E-state index in [0.29, 0.717) is 0 Å². The van der Waals surface area contributed by atoms with Crippen molar-refractivity contribution in [3.05, 3.63) is 35.6 Å². The fraction of sp³-hybridized carbons (Fsp3) is 0.417. The van der Waals surface area contributed by atoms with Gasteiger partial charge in [0, 0.05) is 12.1 Å². The van der Waals surface area contributed by atoms with E-state index in [4.69, 9.17) is 5.84 Å². The minimum absolute atomic E-state index is 0.138. The van der Waals surface area contributed by atoms with Crippen molar-refractivity contribution in [3.8, 4) is 0 Å². The predicted molar refractivity (Wildman–Crippen MR) is 97.4 cm³/mol. The van der Waals surface area contributed by atoms with Gasteiger partial charge >= 0.3 is 0 Å². The molecular formula is C12H16Br3N5S. The summed E-state index contributed by atoms with van der Waals surface area (Å²) in [6.07, 6.45) is 1.81. The Balaban J connectivity index is 2.38. The Hall–Kier alpha value is 0.230. The van der Waals surface area contributed by atoms with E-state index < -0.39 is 0 Å². The lowest BCUT2D eigenvalue weighted by Crippen LogP contribution is -2.32. The quantitative estimate of drug-likeness (QED) is 0.471. The largest absolute Gasteiger partial charge is 0.308 e. The van der Waals surface area contributed by atoms with E-state index in [1.807, 2.05) is 25.0 Å². The molecule has 0 fully saturated rings. The molecule has 0 spiro atoms. The molecule has 0 aliphatic carbocycles. The van der Waals surface area contributed by atoms with Crippen molar-refractivity contribution in [1.29, 1.82) is 0 Å². The van der Waals surface area contributed by atoms with Gasteiger partial charge in [-0.1, -0.05) is 0 Å². The van der Waals surface area contributed by atoms with Crippen LogP contribution in [0.4, 0.5) is 0 Å². The van der Waals surface area contributed by atoms with Gasteiger partial charge in [0.15, 0.2) is 0 Å². The number of nitrogens with zero attached hydrogens (tertiary/aromatic N) is 3. The number of hydrazine groups is 1. The first-order chi connectivity index (χ1) is 9.93. The number of aromatic nitrogens is 2. The number of nitrogens with one attached hydrogen (secondary N) is 1. The molecule has 2 rings (SSSR count). The van der Waals surface area contributed by atoms with Gasteiger partial charge in [-0.05, 0) is 68.0 Å². The Kier molecular flexibility index (Phi) is 6.42. The molecule has 0 bridgehead atoms. The molecule has 0 aliphatic heterocycles. The molecule has 1 unspecified atom stereocenters. The molecule has 0 aromatic carbocycles. The number of nitrogens with two attached hydrogens (primary N) is 1. The summed E-state index contributed by atoms with van der Waals surface area (Å²) >= 11 is 12.3. The van der Waals surface area contributed by atoms with Crippen LogP contribution in [0.5, 0.6) is 0 Å².